The van der Waals surface area contributed by atoms with Crippen LogP contribution in [-0.2, 0) is 17.7 Å². The molecule has 182 valence electrons. The molecule has 1 saturated heterocycles. The van der Waals surface area contributed by atoms with Gasteiger partial charge in [-0.3, -0.25) is 9.69 Å². The topological polar surface area (TPSA) is 88.9 Å². The van der Waals surface area contributed by atoms with Crippen molar-refractivity contribution in [3.05, 3.63) is 87.5 Å². The summed E-state index contributed by atoms with van der Waals surface area (Å²) in [5.74, 6) is 1.30. The van der Waals surface area contributed by atoms with Gasteiger partial charge in [0.05, 0.1) is 13.2 Å². The molecule has 0 radical (unpaired) electrons. The zero-order chi connectivity index (χ0) is 24.2. The van der Waals surface area contributed by atoms with Crippen molar-refractivity contribution < 1.29 is 4.74 Å². The minimum absolute atomic E-state index is 0.0981. The number of pyridine rings is 1. The molecule has 8 nitrogen and oxygen atoms in total. The number of hydrogen-bond acceptors (Lipinski definition) is 6. The number of H-pyrrole nitrogens is 1. The molecule has 1 atom stereocenters. The van der Waals surface area contributed by atoms with Gasteiger partial charge in [0, 0.05) is 18.2 Å². The number of hydrogen-bond donors (Lipinski definition) is 1. The Morgan fingerprint density at radius 1 is 1.11 bits per heavy atom. The number of aromatic amines is 1. The first-order valence-electron chi connectivity index (χ1n) is 12.3. The van der Waals surface area contributed by atoms with Gasteiger partial charge in [-0.05, 0) is 84.8 Å². The minimum atomic E-state index is -0.326. The average Bonchev–Trinajstić information content (AvgIpc) is 3.33. The van der Waals surface area contributed by atoms with Crippen molar-refractivity contribution in [1.29, 1.82) is 0 Å². The molecule has 0 saturated carbocycles. The number of tetrazole rings is 1. The quantitative estimate of drug-likeness (QED) is 0.422. The van der Waals surface area contributed by atoms with Crippen LogP contribution in [-0.4, -0.2) is 56.9 Å². The highest BCUT2D eigenvalue weighted by Crippen LogP contribution is 2.32. The van der Waals surface area contributed by atoms with E-state index in [2.05, 4.69) is 68.7 Å². The van der Waals surface area contributed by atoms with Crippen molar-refractivity contribution in [2.75, 3.05) is 26.8 Å². The Bertz CT molecular complexity index is 1320. The maximum atomic E-state index is 13.3. The summed E-state index contributed by atoms with van der Waals surface area (Å²) in [6.45, 7) is 4.85. The van der Waals surface area contributed by atoms with Gasteiger partial charge in [-0.1, -0.05) is 42.0 Å². The molecule has 0 aliphatic carbocycles. The van der Waals surface area contributed by atoms with Crippen molar-refractivity contribution in [1.82, 2.24) is 30.1 Å². The second-order valence-corrected chi connectivity index (χ2v) is 9.47. The number of aromatic nitrogens is 5. The highest BCUT2D eigenvalue weighted by Gasteiger charge is 2.33. The molecular weight excluding hydrogens is 440 g/mol. The molecule has 4 aromatic rings. The molecule has 0 amide bonds. The molecule has 0 unspecified atom stereocenters. The lowest BCUT2D eigenvalue weighted by Gasteiger charge is -2.37. The van der Waals surface area contributed by atoms with E-state index in [0.717, 1.165) is 48.8 Å². The van der Waals surface area contributed by atoms with Gasteiger partial charge in [0.2, 0.25) is 0 Å². The molecule has 1 aliphatic rings. The molecule has 8 heteroatoms. The number of fused-ring (bicyclic) bond motifs is 1. The summed E-state index contributed by atoms with van der Waals surface area (Å²) in [5, 5.41) is 13.6. The Morgan fingerprint density at radius 2 is 1.91 bits per heavy atom. The summed E-state index contributed by atoms with van der Waals surface area (Å²) in [6.07, 6.45) is 3.21. The Morgan fingerprint density at radius 3 is 2.69 bits per heavy atom. The molecule has 1 aliphatic heterocycles. The molecule has 1 N–H and O–H groups in total. The Hall–Kier alpha value is -3.36. The van der Waals surface area contributed by atoms with E-state index in [4.69, 9.17) is 4.74 Å². The van der Waals surface area contributed by atoms with Crippen LogP contribution in [0.5, 0.6) is 0 Å². The van der Waals surface area contributed by atoms with Crippen LogP contribution in [0.2, 0.25) is 0 Å². The van der Waals surface area contributed by atoms with E-state index < -0.39 is 0 Å². The van der Waals surface area contributed by atoms with Crippen LogP contribution in [0, 0.1) is 12.8 Å². The maximum absolute atomic E-state index is 13.3. The van der Waals surface area contributed by atoms with Crippen molar-refractivity contribution in [2.24, 2.45) is 5.92 Å². The maximum Gasteiger partial charge on any atom is 0.253 e. The van der Waals surface area contributed by atoms with E-state index in [1.54, 1.807) is 11.8 Å². The van der Waals surface area contributed by atoms with Crippen LogP contribution in [0.1, 0.15) is 41.4 Å². The fourth-order valence-corrected chi connectivity index (χ4v) is 5.15. The van der Waals surface area contributed by atoms with E-state index in [1.165, 1.54) is 5.56 Å². The summed E-state index contributed by atoms with van der Waals surface area (Å²) >= 11 is 0. The average molecular weight is 473 g/mol. The Labute approximate surface area is 204 Å². The van der Waals surface area contributed by atoms with Gasteiger partial charge in [-0.2, -0.15) is 0 Å². The first-order chi connectivity index (χ1) is 17.1. The van der Waals surface area contributed by atoms with E-state index in [9.17, 15) is 4.79 Å². The number of ether oxygens (including phenoxy) is 1. The highest BCUT2D eigenvalue weighted by atomic mass is 16.5. The molecular formula is C27H32N6O2. The smallest absolute Gasteiger partial charge is 0.253 e. The minimum Gasteiger partial charge on any atom is -0.383 e. The summed E-state index contributed by atoms with van der Waals surface area (Å²) in [7, 11) is 1.66. The van der Waals surface area contributed by atoms with Crippen LogP contribution in [0.3, 0.4) is 0 Å². The third-order valence-electron chi connectivity index (χ3n) is 7.02. The lowest BCUT2D eigenvalue weighted by atomic mass is 9.89. The van der Waals surface area contributed by atoms with Gasteiger partial charge in [0.25, 0.3) is 5.56 Å². The van der Waals surface area contributed by atoms with Crippen molar-refractivity contribution >= 4 is 10.9 Å². The molecule has 0 spiro atoms. The molecule has 5 rings (SSSR count). The SMILES string of the molecule is COCCn1nnnc1[C@@H](c1cc2cc(C)ccc2[nH]c1=O)N1CCC(Cc2ccccc2)CC1. The predicted octanol–water partition coefficient (Wildman–Crippen LogP) is 3.51. The second-order valence-electron chi connectivity index (χ2n) is 9.47. The third kappa shape index (κ3) is 5.18. The Balaban J connectivity index is 1.47. The van der Waals surface area contributed by atoms with Crippen molar-refractivity contribution in [3.63, 3.8) is 0 Å². The van der Waals surface area contributed by atoms with E-state index >= 15 is 0 Å². The number of aryl methyl sites for hydroxylation is 1. The molecule has 2 aromatic carbocycles. The number of nitrogens with one attached hydrogen (secondary N) is 1. The molecule has 2 aromatic heterocycles. The van der Waals surface area contributed by atoms with Crippen molar-refractivity contribution in [3.8, 4) is 0 Å². The van der Waals surface area contributed by atoms with Crippen LogP contribution in [0.4, 0.5) is 0 Å². The van der Waals surface area contributed by atoms with Gasteiger partial charge in [0.15, 0.2) is 5.82 Å². The second kappa shape index (κ2) is 10.5. The van der Waals surface area contributed by atoms with Crippen molar-refractivity contribution in [2.45, 2.75) is 38.8 Å². The predicted molar refractivity (Wildman–Crippen MR) is 135 cm³/mol. The normalized spacial score (nSPS) is 16.1. The molecule has 0 bridgehead atoms. The van der Waals surface area contributed by atoms with Gasteiger partial charge in [-0.25, -0.2) is 4.68 Å². The fraction of sp³-hybridized carbons (Fsp3) is 0.407. The summed E-state index contributed by atoms with van der Waals surface area (Å²) < 4.78 is 7.04. The van der Waals surface area contributed by atoms with Crippen LogP contribution in [0.15, 0.2) is 59.4 Å². The van der Waals surface area contributed by atoms with Gasteiger partial charge >= 0.3 is 0 Å². The van der Waals surface area contributed by atoms with Gasteiger partial charge < -0.3 is 9.72 Å². The van der Waals surface area contributed by atoms with Gasteiger partial charge in [0.1, 0.15) is 6.04 Å². The third-order valence-corrected chi connectivity index (χ3v) is 7.02. The first-order valence-corrected chi connectivity index (χ1v) is 12.3. The molecule has 3 heterocycles. The summed E-state index contributed by atoms with van der Waals surface area (Å²) in [4.78, 5) is 18.8. The number of rotatable bonds is 8. The number of benzene rings is 2. The highest BCUT2D eigenvalue weighted by molar-refractivity contribution is 5.79. The molecule has 35 heavy (non-hydrogen) atoms. The summed E-state index contributed by atoms with van der Waals surface area (Å²) in [5.41, 5.74) is 3.95. The van der Waals surface area contributed by atoms with Crippen LogP contribution >= 0.6 is 0 Å². The monoisotopic (exact) mass is 472 g/mol. The lowest BCUT2D eigenvalue weighted by Crippen LogP contribution is -2.41. The zero-order valence-corrected chi connectivity index (χ0v) is 20.4. The fourth-order valence-electron chi connectivity index (χ4n) is 5.15. The van der Waals surface area contributed by atoms with Gasteiger partial charge in [-0.15, -0.1) is 5.10 Å². The van der Waals surface area contributed by atoms with E-state index in [-0.39, 0.29) is 11.6 Å². The molecule has 1 fully saturated rings. The zero-order valence-electron chi connectivity index (χ0n) is 20.4. The number of nitrogens with zero attached hydrogens (tertiary/aromatic N) is 5. The van der Waals surface area contributed by atoms with Crippen LogP contribution < -0.4 is 5.56 Å². The first kappa shape index (κ1) is 23.4. The number of methoxy groups -OCH3 is 1. The standard InChI is InChI=1S/C27H32N6O2/c1-19-8-9-24-22(16-19)18-23(27(34)28-24)25(26-29-30-31-33(26)14-15-35-2)32-12-10-21(11-13-32)17-20-6-4-3-5-7-20/h3-9,16,18,21,25H,10-15,17H2,1-2H3,(H,28,34)/t25-/m1/s1. The van der Waals surface area contributed by atoms with E-state index in [1.807, 2.05) is 18.2 Å². The van der Waals surface area contributed by atoms with E-state index in [0.29, 0.717) is 30.5 Å². The summed E-state index contributed by atoms with van der Waals surface area (Å²) in [6, 6.07) is 18.4. The lowest BCUT2D eigenvalue weighted by molar-refractivity contribution is 0.138. The number of piperidine rings is 1. The van der Waals surface area contributed by atoms with Crippen LogP contribution in [0.25, 0.3) is 10.9 Å². The Kier molecular flexibility index (Phi) is 7.01. The largest absolute Gasteiger partial charge is 0.383 e. The number of likely N-dealkylation sites (tertiary alicyclic amines) is 1.